The van der Waals surface area contributed by atoms with Crippen molar-refractivity contribution in [2.45, 2.75) is 4.90 Å². The number of sulfonamides is 1. The number of anilines is 1. The van der Waals surface area contributed by atoms with Gasteiger partial charge in [0.05, 0.1) is 4.90 Å². The molecule has 0 amide bonds. The van der Waals surface area contributed by atoms with Crippen LogP contribution < -0.4 is 4.72 Å². The smallest absolute Gasteiger partial charge is 0.261 e. The van der Waals surface area contributed by atoms with E-state index in [0.29, 0.717) is 5.69 Å². The Morgan fingerprint density at radius 2 is 1.79 bits per heavy atom. The molecule has 98 valence electrons. The number of hydrogen-bond acceptors (Lipinski definition) is 2. The topological polar surface area (TPSA) is 46.2 Å². The summed E-state index contributed by atoms with van der Waals surface area (Å²) >= 11 is 3.27. The first kappa shape index (κ1) is 13.8. The highest BCUT2D eigenvalue weighted by molar-refractivity contribution is 9.10. The molecule has 0 atom stereocenters. The highest BCUT2D eigenvalue weighted by atomic mass is 79.9. The monoisotopic (exact) mass is 337 g/mol. The highest BCUT2D eigenvalue weighted by Crippen LogP contribution is 2.19. The second-order valence-electron chi connectivity index (χ2n) is 3.89. The Kier molecular flexibility index (Phi) is 4.07. The number of nitrogens with one attached hydrogen (secondary N) is 1. The van der Waals surface area contributed by atoms with Crippen molar-refractivity contribution in [3.63, 3.8) is 0 Å². The van der Waals surface area contributed by atoms with E-state index in [1.165, 1.54) is 0 Å². The fourth-order valence-electron chi connectivity index (χ4n) is 1.56. The summed E-state index contributed by atoms with van der Waals surface area (Å²) in [5, 5.41) is 0. The Labute approximate surface area is 121 Å². The van der Waals surface area contributed by atoms with Crippen LogP contribution in [0.4, 0.5) is 5.69 Å². The molecule has 0 aliphatic heterocycles. The Balaban J connectivity index is 2.30. The van der Waals surface area contributed by atoms with Crippen molar-refractivity contribution in [2.24, 2.45) is 0 Å². The number of benzene rings is 2. The first-order valence-corrected chi connectivity index (χ1v) is 7.80. The third-order valence-electron chi connectivity index (χ3n) is 2.50. The van der Waals surface area contributed by atoms with Crippen LogP contribution in [0.1, 0.15) is 5.56 Å². The molecule has 19 heavy (non-hydrogen) atoms. The molecule has 0 unspecified atom stereocenters. The summed E-state index contributed by atoms with van der Waals surface area (Å²) in [7, 11) is -3.56. The van der Waals surface area contributed by atoms with Crippen molar-refractivity contribution in [3.8, 4) is 0 Å². The van der Waals surface area contributed by atoms with Gasteiger partial charge in [0.25, 0.3) is 10.0 Å². The van der Waals surface area contributed by atoms with E-state index in [-0.39, 0.29) is 4.90 Å². The Bertz CT molecular complexity index is 694. The van der Waals surface area contributed by atoms with E-state index in [1.807, 2.05) is 6.07 Å². The van der Waals surface area contributed by atoms with Crippen molar-refractivity contribution in [3.05, 3.63) is 65.1 Å². The Hall–Kier alpha value is -1.59. The highest BCUT2D eigenvalue weighted by Gasteiger charge is 2.13. The van der Waals surface area contributed by atoms with Gasteiger partial charge in [-0.2, -0.15) is 0 Å². The zero-order chi connectivity index (χ0) is 13.9. The van der Waals surface area contributed by atoms with Crippen molar-refractivity contribution in [1.82, 2.24) is 0 Å². The molecule has 0 aliphatic carbocycles. The minimum Gasteiger partial charge on any atom is -0.280 e. The van der Waals surface area contributed by atoms with Gasteiger partial charge in [-0.15, -0.1) is 0 Å². The van der Waals surface area contributed by atoms with Gasteiger partial charge in [0.2, 0.25) is 0 Å². The predicted octanol–water partition coefficient (Wildman–Crippen LogP) is 3.89. The molecule has 0 heterocycles. The molecule has 2 aromatic rings. The van der Waals surface area contributed by atoms with Gasteiger partial charge in [-0.25, -0.2) is 8.42 Å². The predicted molar refractivity (Wildman–Crippen MR) is 81.5 cm³/mol. The fourth-order valence-corrected chi connectivity index (χ4v) is 2.87. The summed E-state index contributed by atoms with van der Waals surface area (Å²) in [5.41, 5.74) is 1.37. The van der Waals surface area contributed by atoms with Gasteiger partial charge in [-0.05, 0) is 42.0 Å². The van der Waals surface area contributed by atoms with Crippen LogP contribution in [-0.2, 0) is 10.0 Å². The lowest BCUT2D eigenvalue weighted by atomic mass is 10.2. The summed E-state index contributed by atoms with van der Waals surface area (Å²) in [4.78, 5) is 0.222. The number of halogens is 1. The lowest BCUT2D eigenvalue weighted by Crippen LogP contribution is -2.12. The molecule has 2 aromatic carbocycles. The van der Waals surface area contributed by atoms with Crippen molar-refractivity contribution in [1.29, 1.82) is 0 Å². The maximum absolute atomic E-state index is 12.2. The van der Waals surface area contributed by atoms with Crippen molar-refractivity contribution < 1.29 is 8.42 Å². The van der Waals surface area contributed by atoms with Crippen molar-refractivity contribution in [2.75, 3.05) is 4.72 Å². The normalized spacial score (nSPS) is 11.0. The third kappa shape index (κ3) is 3.45. The first-order chi connectivity index (χ1) is 9.01. The molecule has 0 spiro atoms. The minimum absolute atomic E-state index is 0.222. The molecule has 0 bridgehead atoms. The van der Waals surface area contributed by atoms with Crippen molar-refractivity contribution >= 4 is 37.7 Å². The molecular weight excluding hydrogens is 326 g/mol. The van der Waals surface area contributed by atoms with Gasteiger partial charge in [0.1, 0.15) is 0 Å². The molecule has 0 saturated carbocycles. The molecule has 0 radical (unpaired) electrons. The first-order valence-electron chi connectivity index (χ1n) is 5.52. The van der Waals surface area contributed by atoms with Crippen LogP contribution in [0.5, 0.6) is 0 Å². The standard InChI is InChI=1S/C14H12BrNO2S/c1-2-11-4-3-5-13(10-11)16-19(17,18)14-8-6-12(15)7-9-14/h2-10,16H,1H2. The molecular formula is C14H12BrNO2S. The Morgan fingerprint density at radius 3 is 2.42 bits per heavy atom. The average Bonchev–Trinajstić information content (AvgIpc) is 2.39. The third-order valence-corrected chi connectivity index (χ3v) is 4.42. The summed E-state index contributed by atoms with van der Waals surface area (Å²) in [6, 6.07) is 13.5. The number of rotatable bonds is 4. The molecule has 5 heteroatoms. The van der Waals surface area contributed by atoms with E-state index < -0.39 is 10.0 Å². The van der Waals surface area contributed by atoms with E-state index >= 15 is 0 Å². The van der Waals surface area contributed by atoms with E-state index in [0.717, 1.165) is 10.0 Å². The van der Waals surface area contributed by atoms with Gasteiger partial charge in [-0.3, -0.25) is 4.72 Å². The maximum atomic E-state index is 12.2. The minimum atomic E-state index is -3.56. The van der Waals surface area contributed by atoms with Crippen LogP contribution in [0, 0.1) is 0 Å². The van der Waals surface area contributed by atoms with E-state index in [4.69, 9.17) is 0 Å². The van der Waals surface area contributed by atoms with Gasteiger partial charge in [-0.1, -0.05) is 40.7 Å². The van der Waals surface area contributed by atoms with Crippen LogP contribution >= 0.6 is 15.9 Å². The molecule has 0 aromatic heterocycles. The van der Waals surface area contributed by atoms with Gasteiger partial charge >= 0.3 is 0 Å². The van der Waals surface area contributed by atoms with Crippen LogP contribution in [0.25, 0.3) is 6.08 Å². The largest absolute Gasteiger partial charge is 0.280 e. The zero-order valence-electron chi connectivity index (χ0n) is 10.0. The molecule has 1 N–H and O–H groups in total. The summed E-state index contributed by atoms with van der Waals surface area (Å²) in [6.07, 6.45) is 1.66. The lowest BCUT2D eigenvalue weighted by Gasteiger charge is -2.08. The van der Waals surface area contributed by atoms with Gasteiger partial charge < -0.3 is 0 Å². The maximum Gasteiger partial charge on any atom is 0.261 e. The van der Waals surface area contributed by atoms with Crippen LogP contribution in [0.15, 0.2) is 64.5 Å². The van der Waals surface area contributed by atoms with E-state index in [2.05, 4.69) is 27.2 Å². The lowest BCUT2D eigenvalue weighted by molar-refractivity contribution is 0.601. The van der Waals surface area contributed by atoms with Crippen LogP contribution in [0.3, 0.4) is 0 Å². The molecule has 0 aliphatic rings. The molecule has 0 fully saturated rings. The second-order valence-corrected chi connectivity index (χ2v) is 6.49. The fraction of sp³-hybridized carbons (Fsp3) is 0. The average molecular weight is 338 g/mol. The molecule has 3 nitrogen and oxygen atoms in total. The summed E-state index contributed by atoms with van der Waals surface area (Å²) in [5.74, 6) is 0. The quantitative estimate of drug-likeness (QED) is 0.919. The van der Waals surface area contributed by atoms with E-state index in [1.54, 1.807) is 48.5 Å². The number of hydrogen-bond donors (Lipinski definition) is 1. The summed E-state index contributed by atoms with van der Waals surface area (Å²) in [6.45, 7) is 3.65. The zero-order valence-corrected chi connectivity index (χ0v) is 12.4. The van der Waals surface area contributed by atoms with E-state index in [9.17, 15) is 8.42 Å². The molecule has 2 rings (SSSR count). The Morgan fingerprint density at radius 1 is 1.11 bits per heavy atom. The van der Waals surface area contributed by atoms with Gasteiger partial charge in [0, 0.05) is 10.2 Å². The van der Waals surface area contributed by atoms with Crippen LogP contribution in [-0.4, -0.2) is 8.42 Å². The van der Waals surface area contributed by atoms with Crippen LogP contribution in [0.2, 0.25) is 0 Å². The van der Waals surface area contributed by atoms with Gasteiger partial charge in [0.15, 0.2) is 0 Å². The summed E-state index contributed by atoms with van der Waals surface area (Å²) < 4.78 is 27.7. The second kappa shape index (κ2) is 5.59. The SMILES string of the molecule is C=Cc1cccc(NS(=O)(=O)c2ccc(Br)cc2)c1. The molecule has 0 saturated heterocycles.